The van der Waals surface area contributed by atoms with Crippen molar-refractivity contribution in [1.29, 1.82) is 0 Å². The highest BCUT2D eigenvalue weighted by Crippen LogP contribution is 2.28. The van der Waals surface area contributed by atoms with E-state index in [1.165, 1.54) is 5.56 Å². The van der Waals surface area contributed by atoms with Crippen LogP contribution in [0.5, 0.6) is 0 Å². The zero-order chi connectivity index (χ0) is 25.1. The third-order valence-corrected chi connectivity index (χ3v) is 6.73. The highest BCUT2D eigenvalue weighted by molar-refractivity contribution is 5.98. The number of Topliss-reactive ketones (excluding diaryl/α,β-unsaturated/α-hetero) is 1. The van der Waals surface area contributed by atoms with Crippen LogP contribution >= 0.6 is 0 Å². The van der Waals surface area contributed by atoms with Crippen LogP contribution in [0.15, 0.2) is 61.2 Å². The van der Waals surface area contributed by atoms with Crippen LogP contribution in [0, 0.1) is 0 Å². The maximum absolute atomic E-state index is 13.2. The largest absolute Gasteiger partial charge is 0.367 e. The van der Waals surface area contributed by atoms with Gasteiger partial charge in [-0.15, -0.1) is 0 Å². The summed E-state index contributed by atoms with van der Waals surface area (Å²) in [6, 6.07) is 12.4. The van der Waals surface area contributed by atoms with E-state index in [0.29, 0.717) is 17.4 Å². The summed E-state index contributed by atoms with van der Waals surface area (Å²) in [6.45, 7) is 6.32. The fourth-order valence-electron chi connectivity index (χ4n) is 4.75. The highest BCUT2D eigenvalue weighted by Gasteiger charge is 2.19. The van der Waals surface area contributed by atoms with E-state index < -0.39 is 0 Å². The molecule has 1 N–H and O–H groups in total. The van der Waals surface area contributed by atoms with Crippen LogP contribution in [0.1, 0.15) is 54.2 Å². The summed E-state index contributed by atoms with van der Waals surface area (Å²) in [6.07, 6.45) is 9.53. The smallest absolute Gasteiger partial charge is 0.168 e. The molecule has 0 atom stereocenters. The van der Waals surface area contributed by atoms with E-state index in [1.54, 1.807) is 24.8 Å². The number of likely N-dealkylation sites (tertiary alicyclic amines) is 1. The Bertz CT molecular complexity index is 1380. The van der Waals surface area contributed by atoms with Gasteiger partial charge < -0.3 is 10.2 Å². The molecule has 5 rings (SSSR count). The maximum Gasteiger partial charge on any atom is 0.168 e. The Morgan fingerprint density at radius 1 is 1.00 bits per heavy atom. The summed E-state index contributed by atoms with van der Waals surface area (Å²) >= 11 is 0. The minimum atomic E-state index is 0.0873. The molecule has 7 heteroatoms. The van der Waals surface area contributed by atoms with Crippen molar-refractivity contribution in [2.24, 2.45) is 0 Å². The molecule has 0 spiro atoms. The van der Waals surface area contributed by atoms with E-state index in [-0.39, 0.29) is 18.2 Å². The summed E-state index contributed by atoms with van der Waals surface area (Å²) in [5, 5.41) is 5.17. The van der Waals surface area contributed by atoms with Crippen LogP contribution in [0.4, 0.5) is 5.82 Å². The van der Waals surface area contributed by atoms with Crippen molar-refractivity contribution < 1.29 is 4.79 Å². The van der Waals surface area contributed by atoms with Crippen molar-refractivity contribution in [3.8, 4) is 11.4 Å². The number of rotatable bonds is 7. The van der Waals surface area contributed by atoms with E-state index in [9.17, 15) is 4.79 Å². The Labute approximate surface area is 212 Å². The molecule has 4 aromatic rings. The van der Waals surface area contributed by atoms with E-state index in [2.05, 4.69) is 63.2 Å². The summed E-state index contributed by atoms with van der Waals surface area (Å²) in [7, 11) is 2.17. The molecule has 1 saturated heterocycles. The zero-order valence-corrected chi connectivity index (χ0v) is 21.1. The minimum Gasteiger partial charge on any atom is -0.367 e. The van der Waals surface area contributed by atoms with E-state index in [0.717, 1.165) is 53.7 Å². The van der Waals surface area contributed by atoms with Crippen LogP contribution in [0.2, 0.25) is 0 Å². The molecule has 0 saturated carbocycles. The number of carbonyl (C=O) groups is 1. The number of fused-ring (bicyclic) bond motifs is 1. The molecule has 0 aliphatic carbocycles. The number of hydrogen-bond donors (Lipinski definition) is 1. The second kappa shape index (κ2) is 10.5. The second-order valence-electron chi connectivity index (χ2n) is 9.98. The third-order valence-electron chi connectivity index (χ3n) is 6.73. The lowest BCUT2D eigenvalue weighted by molar-refractivity contribution is 0.0992. The number of benzene rings is 1. The van der Waals surface area contributed by atoms with Gasteiger partial charge in [-0.3, -0.25) is 19.7 Å². The molecule has 184 valence electrons. The number of nitrogens with one attached hydrogen (secondary N) is 1. The van der Waals surface area contributed by atoms with Gasteiger partial charge in [0.15, 0.2) is 5.78 Å². The molecule has 1 aromatic carbocycles. The van der Waals surface area contributed by atoms with Crippen molar-refractivity contribution >= 4 is 22.4 Å². The van der Waals surface area contributed by atoms with Gasteiger partial charge in [-0.05, 0) is 81.9 Å². The molecule has 0 bridgehead atoms. The van der Waals surface area contributed by atoms with Crippen LogP contribution < -0.4 is 5.32 Å². The number of hydrogen-bond acceptors (Lipinski definition) is 7. The summed E-state index contributed by atoms with van der Waals surface area (Å²) in [5.74, 6) is 1.33. The molecule has 1 aliphatic heterocycles. The fraction of sp³-hybridized carbons (Fsp3) is 0.345. The Morgan fingerprint density at radius 3 is 2.61 bits per heavy atom. The first-order chi connectivity index (χ1) is 17.4. The first kappa shape index (κ1) is 24.0. The van der Waals surface area contributed by atoms with Gasteiger partial charge in [0.25, 0.3) is 0 Å². The molecule has 1 fully saturated rings. The average molecular weight is 481 g/mol. The number of aromatic nitrogens is 4. The number of pyridine rings is 2. The van der Waals surface area contributed by atoms with Crippen LogP contribution in [0.3, 0.4) is 0 Å². The Kier molecular flexibility index (Phi) is 7.00. The fourth-order valence-corrected chi connectivity index (χ4v) is 4.75. The van der Waals surface area contributed by atoms with Gasteiger partial charge in [0.1, 0.15) is 11.5 Å². The first-order valence-electron chi connectivity index (χ1n) is 12.6. The van der Waals surface area contributed by atoms with Crippen molar-refractivity contribution in [3.63, 3.8) is 0 Å². The molecule has 0 unspecified atom stereocenters. The number of carbonyl (C=O) groups excluding carboxylic acids is 1. The Morgan fingerprint density at radius 2 is 1.81 bits per heavy atom. The number of piperidine rings is 1. The van der Waals surface area contributed by atoms with Crippen LogP contribution in [-0.4, -0.2) is 56.8 Å². The lowest BCUT2D eigenvalue weighted by atomic mass is 9.88. The molecule has 0 amide bonds. The van der Waals surface area contributed by atoms with E-state index in [4.69, 9.17) is 0 Å². The predicted octanol–water partition coefficient (Wildman–Crippen LogP) is 5.14. The molecule has 36 heavy (non-hydrogen) atoms. The summed E-state index contributed by atoms with van der Waals surface area (Å²) in [5.41, 5.74) is 4.20. The molecule has 3 aromatic heterocycles. The lowest BCUT2D eigenvalue weighted by Gasteiger charge is -2.29. The molecular formula is C29H32N6O. The van der Waals surface area contributed by atoms with Gasteiger partial charge in [-0.25, -0.2) is 4.98 Å². The van der Waals surface area contributed by atoms with Crippen molar-refractivity contribution in [1.82, 2.24) is 24.8 Å². The minimum absolute atomic E-state index is 0.0873. The predicted molar refractivity (Wildman–Crippen MR) is 143 cm³/mol. The lowest BCUT2D eigenvalue weighted by Crippen LogP contribution is -2.29. The normalized spacial score (nSPS) is 14.9. The van der Waals surface area contributed by atoms with Gasteiger partial charge in [-0.1, -0.05) is 18.2 Å². The quantitative estimate of drug-likeness (QED) is 0.367. The first-order valence-corrected chi connectivity index (χ1v) is 12.6. The van der Waals surface area contributed by atoms with Gasteiger partial charge >= 0.3 is 0 Å². The van der Waals surface area contributed by atoms with Crippen molar-refractivity contribution in [3.05, 3.63) is 78.0 Å². The zero-order valence-electron chi connectivity index (χ0n) is 21.1. The van der Waals surface area contributed by atoms with Crippen LogP contribution in [-0.2, 0) is 6.42 Å². The molecule has 4 heterocycles. The van der Waals surface area contributed by atoms with E-state index >= 15 is 0 Å². The topological polar surface area (TPSA) is 83.9 Å². The Hall–Kier alpha value is -3.71. The summed E-state index contributed by atoms with van der Waals surface area (Å²) in [4.78, 5) is 33.6. The highest BCUT2D eigenvalue weighted by atomic mass is 16.1. The van der Waals surface area contributed by atoms with Gasteiger partial charge in [0.2, 0.25) is 0 Å². The number of anilines is 1. The molecule has 7 nitrogen and oxygen atoms in total. The molecular weight excluding hydrogens is 448 g/mol. The Balaban J connectivity index is 1.35. The van der Waals surface area contributed by atoms with Gasteiger partial charge in [-0.2, -0.15) is 0 Å². The maximum atomic E-state index is 13.2. The summed E-state index contributed by atoms with van der Waals surface area (Å²) < 4.78 is 0. The van der Waals surface area contributed by atoms with Gasteiger partial charge in [0.05, 0.1) is 24.5 Å². The van der Waals surface area contributed by atoms with Crippen LogP contribution in [0.25, 0.3) is 22.2 Å². The SMILES string of the molecule is CC(C)Nc1cncc(-c2cc3cc(CC(=O)c4cccc(C5CCN(C)CC5)c4)ncc3cn2)n1. The number of ketones is 1. The molecule has 0 radical (unpaired) electrons. The third kappa shape index (κ3) is 5.57. The van der Waals surface area contributed by atoms with Crippen molar-refractivity contribution in [2.45, 2.75) is 45.1 Å². The van der Waals surface area contributed by atoms with E-state index in [1.807, 2.05) is 24.3 Å². The van der Waals surface area contributed by atoms with Crippen molar-refractivity contribution in [2.75, 3.05) is 25.5 Å². The molecule has 1 aliphatic rings. The second-order valence-corrected chi connectivity index (χ2v) is 9.98. The van der Waals surface area contributed by atoms with Gasteiger partial charge in [0, 0.05) is 35.1 Å². The monoisotopic (exact) mass is 480 g/mol. The average Bonchev–Trinajstić information content (AvgIpc) is 2.88. The standard InChI is InChI=1S/C29H32N6O/c1-19(2)33-29-18-30-17-27(34-29)26-13-23-12-25(31-15-24(23)16-32-26)14-28(36)22-6-4-5-21(11-22)20-7-9-35(3)10-8-20/h4-6,11-13,15-20H,7-10,14H2,1-3H3,(H,33,34). The number of nitrogens with zero attached hydrogens (tertiary/aromatic N) is 5.